The summed E-state index contributed by atoms with van der Waals surface area (Å²) in [6, 6.07) is 4.41. The highest BCUT2D eigenvalue weighted by Gasteiger charge is 2.29. The Bertz CT molecular complexity index is 800. The lowest BCUT2D eigenvalue weighted by molar-refractivity contribution is -0.143. The molecule has 166 valence electrons. The van der Waals surface area contributed by atoms with Gasteiger partial charge in [-0.3, -0.25) is 14.4 Å². The molecular formula is C21H31N3O6. The molecule has 1 rings (SSSR count). The Morgan fingerprint density at radius 1 is 1.03 bits per heavy atom. The SMILES string of the molecule is COC(=O)CNC(=O)C(c1ccc(C)c(C)c1)N(C)C(=O)CNC(=O)OC(C)(C)C. The van der Waals surface area contributed by atoms with Gasteiger partial charge in [-0.15, -0.1) is 0 Å². The molecule has 2 N–H and O–H groups in total. The molecule has 0 aliphatic carbocycles. The molecule has 1 aromatic carbocycles. The van der Waals surface area contributed by atoms with E-state index in [1.54, 1.807) is 26.8 Å². The minimum atomic E-state index is -0.998. The van der Waals surface area contributed by atoms with Gasteiger partial charge >= 0.3 is 12.1 Å². The van der Waals surface area contributed by atoms with Crippen molar-refractivity contribution < 1.29 is 28.7 Å². The van der Waals surface area contributed by atoms with Gasteiger partial charge in [-0.05, 0) is 51.3 Å². The van der Waals surface area contributed by atoms with Gasteiger partial charge in [0.15, 0.2) is 0 Å². The van der Waals surface area contributed by atoms with E-state index >= 15 is 0 Å². The van der Waals surface area contributed by atoms with Crippen molar-refractivity contribution >= 4 is 23.9 Å². The highest BCUT2D eigenvalue weighted by Crippen LogP contribution is 2.22. The number of hydrogen-bond donors (Lipinski definition) is 2. The molecule has 0 saturated heterocycles. The van der Waals surface area contributed by atoms with Crippen molar-refractivity contribution in [3.63, 3.8) is 0 Å². The number of benzene rings is 1. The maximum atomic E-state index is 12.8. The topological polar surface area (TPSA) is 114 Å². The lowest BCUT2D eigenvalue weighted by Gasteiger charge is -2.28. The fraction of sp³-hybridized carbons (Fsp3) is 0.524. The van der Waals surface area contributed by atoms with Crippen LogP contribution in [0.3, 0.4) is 0 Å². The average molecular weight is 421 g/mol. The maximum Gasteiger partial charge on any atom is 0.408 e. The number of likely N-dealkylation sites (N-methyl/N-ethyl adjacent to an activating group) is 1. The molecule has 0 radical (unpaired) electrons. The molecule has 0 bridgehead atoms. The van der Waals surface area contributed by atoms with Crippen LogP contribution in [0, 0.1) is 13.8 Å². The van der Waals surface area contributed by atoms with Gasteiger partial charge in [-0.2, -0.15) is 0 Å². The van der Waals surface area contributed by atoms with E-state index in [2.05, 4.69) is 15.4 Å². The number of aryl methyl sites for hydroxylation is 2. The van der Waals surface area contributed by atoms with Crippen LogP contribution in [-0.4, -0.2) is 61.6 Å². The second kappa shape index (κ2) is 10.6. The molecule has 0 fully saturated rings. The lowest BCUT2D eigenvalue weighted by atomic mass is 9.99. The zero-order valence-corrected chi connectivity index (χ0v) is 18.6. The number of hydrogen-bond acceptors (Lipinski definition) is 6. The third kappa shape index (κ3) is 7.73. The number of rotatable bonds is 7. The van der Waals surface area contributed by atoms with Gasteiger partial charge in [-0.25, -0.2) is 4.79 Å². The minimum Gasteiger partial charge on any atom is -0.468 e. The van der Waals surface area contributed by atoms with Crippen LogP contribution >= 0.6 is 0 Å². The van der Waals surface area contributed by atoms with Gasteiger partial charge in [0, 0.05) is 7.05 Å². The summed E-state index contributed by atoms with van der Waals surface area (Å²) in [7, 11) is 2.67. The van der Waals surface area contributed by atoms with E-state index < -0.39 is 35.5 Å². The van der Waals surface area contributed by atoms with E-state index in [0.29, 0.717) is 5.56 Å². The summed E-state index contributed by atoms with van der Waals surface area (Å²) < 4.78 is 9.65. The number of nitrogens with zero attached hydrogens (tertiary/aromatic N) is 1. The van der Waals surface area contributed by atoms with Crippen molar-refractivity contribution in [3.8, 4) is 0 Å². The number of carbonyl (C=O) groups is 4. The second-order valence-electron chi connectivity index (χ2n) is 7.90. The van der Waals surface area contributed by atoms with Crippen LogP contribution in [-0.2, 0) is 23.9 Å². The zero-order valence-electron chi connectivity index (χ0n) is 18.6. The van der Waals surface area contributed by atoms with E-state index in [4.69, 9.17) is 4.74 Å². The van der Waals surface area contributed by atoms with Crippen LogP contribution in [0.1, 0.15) is 43.5 Å². The smallest absolute Gasteiger partial charge is 0.408 e. The van der Waals surface area contributed by atoms with Crippen molar-refractivity contribution in [1.29, 1.82) is 0 Å². The van der Waals surface area contributed by atoms with Gasteiger partial charge in [0.25, 0.3) is 0 Å². The van der Waals surface area contributed by atoms with Gasteiger partial charge in [0.2, 0.25) is 11.8 Å². The Kier molecular flexibility index (Phi) is 8.82. The summed E-state index contributed by atoms with van der Waals surface area (Å²) in [6.07, 6.45) is -0.734. The first-order chi connectivity index (χ1) is 13.9. The molecule has 9 heteroatoms. The van der Waals surface area contributed by atoms with Crippen LogP contribution in [0.2, 0.25) is 0 Å². The first-order valence-corrected chi connectivity index (χ1v) is 9.50. The maximum absolute atomic E-state index is 12.8. The van der Waals surface area contributed by atoms with E-state index in [0.717, 1.165) is 11.1 Å². The Hall–Kier alpha value is -3.10. The predicted octanol–water partition coefficient (Wildman–Crippen LogP) is 1.62. The number of esters is 1. The van der Waals surface area contributed by atoms with E-state index in [1.165, 1.54) is 19.1 Å². The third-order valence-electron chi connectivity index (χ3n) is 4.29. The number of methoxy groups -OCH3 is 1. The number of nitrogens with one attached hydrogen (secondary N) is 2. The van der Waals surface area contributed by atoms with Gasteiger partial charge in [0.05, 0.1) is 7.11 Å². The Balaban J connectivity index is 3.00. The van der Waals surface area contributed by atoms with Crippen LogP contribution in [0.4, 0.5) is 4.79 Å². The molecule has 3 amide bonds. The average Bonchev–Trinajstić information content (AvgIpc) is 2.65. The number of carbonyl (C=O) groups excluding carboxylic acids is 4. The quantitative estimate of drug-likeness (QED) is 0.647. The normalized spacial score (nSPS) is 11.8. The van der Waals surface area contributed by atoms with Crippen molar-refractivity contribution in [2.45, 2.75) is 46.3 Å². The molecule has 0 saturated carbocycles. The van der Waals surface area contributed by atoms with Gasteiger partial charge in [0.1, 0.15) is 24.7 Å². The van der Waals surface area contributed by atoms with E-state index in [1.807, 2.05) is 26.0 Å². The molecule has 1 atom stereocenters. The monoisotopic (exact) mass is 421 g/mol. The molecule has 0 spiro atoms. The van der Waals surface area contributed by atoms with Gasteiger partial charge < -0.3 is 25.0 Å². The summed E-state index contributed by atoms with van der Waals surface area (Å²) in [4.78, 5) is 49.9. The summed E-state index contributed by atoms with van der Waals surface area (Å²) in [5.74, 6) is -1.66. The van der Waals surface area contributed by atoms with Crippen molar-refractivity contribution in [3.05, 3.63) is 34.9 Å². The molecule has 0 aromatic heterocycles. The largest absolute Gasteiger partial charge is 0.468 e. The first-order valence-electron chi connectivity index (χ1n) is 9.50. The number of alkyl carbamates (subject to hydrolysis) is 1. The highest BCUT2D eigenvalue weighted by atomic mass is 16.6. The molecule has 1 unspecified atom stereocenters. The minimum absolute atomic E-state index is 0.325. The van der Waals surface area contributed by atoms with E-state index in [9.17, 15) is 19.2 Å². The summed E-state index contributed by atoms with van der Waals surface area (Å²) in [6.45, 7) is 8.29. The van der Waals surface area contributed by atoms with Gasteiger partial charge in [-0.1, -0.05) is 18.2 Å². The third-order valence-corrected chi connectivity index (χ3v) is 4.29. The summed E-state index contributed by atoms with van der Waals surface area (Å²) >= 11 is 0. The fourth-order valence-corrected chi connectivity index (χ4v) is 2.54. The van der Waals surface area contributed by atoms with Crippen LogP contribution in [0.25, 0.3) is 0 Å². The Labute approximate surface area is 177 Å². The van der Waals surface area contributed by atoms with Crippen molar-refractivity contribution in [2.75, 3.05) is 27.2 Å². The predicted molar refractivity (Wildman–Crippen MR) is 111 cm³/mol. The van der Waals surface area contributed by atoms with E-state index in [-0.39, 0.29) is 13.1 Å². The molecule has 9 nitrogen and oxygen atoms in total. The first kappa shape index (κ1) is 24.9. The molecule has 1 aromatic rings. The number of ether oxygens (including phenoxy) is 2. The fourth-order valence-electron chi connectivity index (χ4n) is 2.54. The standard InChI is InChI=1S/C21H31N3O6/c1-13-8-9-15(10-14(13)2)18(19(27)22-12-17(26)29-7)24(6)16(25)11-23-20(28)30-21(3,4)5/h8-10,18H,11-12H2,1-7H3,(H,22,27)(H,23,28). The highest BCUT2D eigenvalue weighted by molar-refractivity contribution is 5.91. The Morgan fingerprint density at radius 3 is 2.20 bits per heavy atom. The zero-order chi connectivity index (χ0) is 23.1. The van der Waals surface area contributed by atoms with Crippen LogP contribution < -0.4 is 10.6 Å². The molecular weight excluding hydrogens is 390 g/mol. The van der Waals surface area contributed by atoms with Crippen LogP contribution in [0.15, 0.2) is 18.2 Å². The Morgan fingerprint density at radius 2 is 1.67 bits per heavy atom. The van der Waals surface area contributed by atoms with Crippen molar-refractivity contribution in [2.24, 2.45) is 0 Å². The van der Waals surface area contributed by atoms with Crippen molar-refractivity contribution in [1.82, 2.24) is 15.5 Å². The second-order valence-corrected chi connectivity index (χ2v) is 7.90. The summed E-state index contributed by atoms with van der Waals surface area (Å²) in [5.41, 5.74) is 1.86. The summed E-state index contributed by atoms with van der Waals surface area (Å²) in [5, 5.41) is 4.87. The molecule has 0 heterocycles. The van der Waals surface area contributed by atoms with Crippen LogP contribution in [0.5, 0.6) is 0 Å². The number of amides is 3. The molecule has 30 heavy (non-hydrogen) atoms. The molecule has 0 aliphatic rings. The molecule has 0 aliphatic heterocycles. The lowest BCUT2D eigenvalue weighted by Crippen LogP contribution is -2.46.